The third kappa shape index (κ3) is 3.10. The molecule has 1 aromatic rings. The van der Waals surface area contributed by atoms with Gasteiger partial charge in [0.15, 0.2) is 0 Å². The van der Waals surface area contributed by atoms with E-state index < -0.39 is 29.6 Å². The van der Waals surface area contributed by atoms with Gasteiger partial charge in [-0.2, -0.15) is 0 Å². The zero-order chi connectivity index (χ0) is 18.1. The Morgan fingerprint density at radius 1 is 1.08 bits per heavy atom. The Balaban J connectivity index is 1.91. The van der Waals surface area contributed by atoms with Crippen molar-refractivity contribution in [2.45, 2.75) is 50.0 Å². The molecule has 0 saturated carbocycles. The Hall–Kier alpha value is -1.06. The van der Waals surface area contributed by atoms with Crippen LogP contribution in [0.15, 0.2) is 30.3 Å². The summed E-state index contributed by atoms with van der Waals surface area (Å²) in [7, 11) is 3.01. The summed E-state index contributed by atoms with van der Waals surface area (Å²) in [6.45, 7) is 3.96. The fourth-order valence-electron chi connectivity index (χ4n) is 3.21. The molecule has 7 nitrogen and oxygen atoms in total. The van der Waals surface area contributed by atoms with E-state index in [1.165, 1.54) is 14.2 Å². The van der Waals surface area contributed by atoms with Crippen molar-refractivity contribution in [1.29, 1.82) is 0 Å². The maximum absolute atomic E-state index is 10.7. The largest absolute Gasteiger partial charge is 0.385 e. The van der Waals surface area contributed by atoms with Crippen LogP contribution in [-0.2, 0) is 35.0 Å². The average molecular weight is 354 g/mol. The predicted octanol–water partition coefficient (Wildman–Crippen LogP) is 1.43. The zero-order valence-corrected chi connectivity index (χ0v) is 15.1. The highest BCUT2D eigenvalue weighted by Crippen LogP contribution is 2.47. The second-order valence-corrected chi connectivity index (χ2v) is 6.56. The number of aliphatic hydroxyl groups is 1. The fourth-order valence-corrected chi connectivity index (χ4v) is 3.21. The van der Waals surface area contributed by atoms with E-state index in [2.05, 4.69) is 0 Å². The van der Waals surface area contributed by atoms with E-state index in [0.29, 0.717) is 0 Å². The first-order valence-electron chi connectivity index (χ1n) is 8.31. The van der Waals surface area contributed by atoms with Crippen LogP contribution in [-0.4, -0.2) is 62.1 Å². The molecule has 1 aromatic carbocycles. The summed E-state index contributed by atoms with van der Waals surface area (Å²) >= 11 is 0. The number of rotatable bonds is 5. The summed E-state index contributed by atoms with van der Waals surface area (Å²) in [4.78, 5) is 0. The van der Waals surface area contributed by atoms with Gasteiger partial charge in [0.1, 0.15) is 12.2 Å². The van der Waals surface area contributed by atoms with E-state index in [1.807, 2.05) is 30.3 Å². The van der Waals surface area contributed by atoms with E-state index in [9.17, 15) is 5.11 Å². The number of aliphatic hydroxyl groups excluding tert-OH is 1. The van der Waals surface area contributed by atoms with E-state index in [1.54, 1.807) is 13.8 Å². The van der Waals surface area contributed by atoms with Crippen LogP contribution < -0.4 is 0 Å². The fraction of sp³-hybridized carbons (Fsp3) is 0.667. The number of fused-ring (bicyclic) bond motifs is 1. The van der Waals surface area contributed by atoms with Gasteiger partial charge in [-0.3, -0.25) is 0 Å². The van der Waals surface area contributed by atoms with Crippen molar-refractivity contribution >= 4 is 0 Å². The predicted molar refractivity (Wildman–Crippen MR) is 87.6 cm³/mol. The molecular formula is C18H26O7. The molecule has 25 heavy (non-hydrogen) atoms. The van der Waals surface area contributed by atoms with Gasteiger partial charge in [0.2, 0.25) is 17.4 Å². The highest BCUT2D eigenvalue weighted by molar-refractivity contribution is 5.14. The molecule has 1 N–H and O–H groups in total. The molecule has 2 fully saturated rings. The van der Waals surface area contributed by atoms with Crippen LogP contribution in [0.1, 0.15) is 19.4 Å². The monoisotopic (exact) mass is 354 g/mol. The van der Waals surface area contributed by atoms with Crippen molar-refractivity contribution in [3.8, 4) is 0 Å². The lowest BCUT2D eigenvalue weighted by molar-refractivity contribution is -0.529. The summed E-state index contributed by atoms with van der Waals surface area (Å²) in [6, 6.07) is 9.66. The van der Waals surface area contributed by atoms with E-state index in [0.717, 1.165) is 5.56 Å². The molecule has 0 aliphatic carbocycles. The molecule has 140 valence electrons. The molecule has 0 aromatic heterocycles. The quantitative estimate of drug-likeness (QED) is 0.857. The molecule has 2 saturated heterocycles. The summed E-state index contributed by atoms with van der Waals surface area (Å²) in [6.07, 6.45) is -1.71. The zero-order valence-electron chi connectivity index (χ0n) is 15.1. The molecule has 2 heterocycles. The Morgan fingerprint density at radius 2 is 1.76 bits per heavy atom. The van der Waals surface area contributed by atoms with Gasteiger partial charge < -0.3 is 33.5 Å². The minimum absolute atomic E-state index is 0.0815. The topological polar surface area (TPSA) is 75.6 Å². The van der Waals surface area contributed by atoms with Crippen molar-refractivity contribution in [2.24, 2.45) is 0 Å². The first-order valence-corrected chi connectivity index (χ1v) is 8.31. The highest BCUT2D eigenvalue weighted by Gasteiger charge is 2.66. The maximum atomic E-state index is 10.7. The van der Waals surface area contributed by atoms with Gasteiger partial charge in [-0.15, -0.1) is 0 Å². The standard InChI is InChI=1S/C18H26O7/c1-16(20-3)17(2,21-4)25-18(14(19)11-22-12-15(18)24-16)23-10-13-8-6-5-7-9-13/h5-9,14-15,19H,10-12H2,1-4H3. The minimum Gasteiger partial charge on any atom is -0.385 e. The third-order valence-corrected chi connectivity index (χ3v) is 5.09. The van der Waals surface area contributed by atoms with Crippen molar-refractivity contribution in [1.82, 2.24) is 0 Å². The molecule has 7 heteroatoms. The lowest BCUT2D eigenvalue weighted by Gasteiger charge is -2.58. The van der Waals surface area contributed by atoms with Crippen LogP contribution in [0.4, 0.5) is 0 Å². The normalized spacial score (nSPS) is 41.3. The van der Waals surface area contributed by atoms with Crippen LogP contribution in [0.2, 0.25) is 0 Å². The molecule has 5 unspecified atom stereocenters. The van der Waals surface area contributed by atoms with Crippen LogP contribution in [0.25, 0.3) is 0 Å². The molecular weight excluding hydrogens is 328 g/mol. The van der Waals surface area contributed by atoms with Gasteiger partial charge in [0, 0.05) is 14.2 Å². The van der Waals surface area contributed by atoms with Gasteiger partial charge in [0.25, 0.3) is 0 Å². The lowest BCUT2D eigenvalue weighted by atomic mass is 9.95. The second-order valence-electron chi connectivity index (χ2n) is 6.56. The molecule has 2 aliphatic rings. The van der Waals surface area contributed by atoms with Gasteiger partial charge in [-0.05, 0) is 19.4 Å². The summed E-state index contributed by atoms with van der Waals surface area (Å²) < 4.78 is 34.9. The second kappa shape index (κ2) is 6.92. The van der Waals surface area contributed by atoms with Gasteiger partial charge in [-0.1, -0.05) is 30.3 Å². The Morgan fingerprint density at radius 3 is 2.40 bits per heavy atom. The summed E-state index contributed by atoms with van der Waals surface area (Å²) in [5.41, 5.74) is 0.956. The van der Waals surface area contributed by atoms with E-state index in [4.69, 9.17) is 28.4 Å². The van der Waals surface area contributed by atoms with Crippen molar-refractivity contribution in [2.75, 3.05) is 27.4 Å². The average Bonchev–Trinajstić information content (AvgIpc) is 2.63. The Bertz CT molecular complexity index is 582. The molecule has 2 aliphatic heterocycles. The first-order chi connectivity index (χ1) is 11.9. The van der Waals surface area contributed by atoms with Crippen molar-refractivity contribution in [3.05, 3.63) is 35.9 Å². The van der Waals surface area contributed by atoms with Gasteiger partial charge in [-0.25, -0.2) is 0 Å². The number of benzene rings is 1. The smallest absolute Gasteiger partial charge is 0.229 e. The molecule has 0 radical (unpaired) electrons. The summed E-state index contributed by atoms with van der Waals surface area (Å²) in [5, 5.41) is 10.7. The van der Waals surface area contributed by atoms with Crippen LogP contribution in [0.5, 0.6) is 0 Å². The number of ether oxygens (including phenoxy) is 6. The number of hydrogen-bond acceptors (Lipinski definition) is 7. The van der Waals surface area contributed by atoms with Crippen LogP contribution >= 0.6 is 0 Å². The SMILES string of the molecule is COC1(C)OC2COCC(O)C2(OCc2ccccc2)OC1(C)OC. The van der Waals surface area contributed by atoms with Gasteiger partial charge >= 0.3 is 0 Å². The van der Waals surface area contributed by atoms with Gasteiger partial charge in [0.05, 0.1) is 19.8 Å². The van der Waals surface area contributed by atoms with Crippen LogP contribution in [0.3, 0.4) is 0 Å². The highest BCUT2D eigenvalue weighted by atomic mass is 16.9. The third-order valence-electron chi connectivity index (χ3n) is 5.09. The van der Waals surface area contributed by atoms with Crippen molar-refractivity contribution in [3.63, 3.8) is 0 Å². The molecule has 5 atom stereocenters. The molecule has 0 bridgehead atoms. The molecule has 3 rings (SSSR count). The van der Waals surface area contributed by atoms with E-state index in [-0.39, 0.29) is 19.8 Å². The minimum atomic E-state index is -1.42. The molecule has 0 amide bonds. The molecule has 0 spiro atoms. The van der Waals surface area contributed by atoms with Crippen LogP contribution in [0, 0.1) is 0 Å². The van der Waals surface area contributed by atoms with E-state index >= 15 is 0 Å². The Labute approximate surface area is 147 Å². The van der Waals surface area contributed by atoms with Crippen molar-refractivity contribution < 1.29 is 33.5 Å². The summed E-state index contributed by atoms with van der Waals surface area (Å²) in [5.74, 6) is -3.89. The number of methoxy groups -OCH3 is 2. The maximum Gasteiger partial charge on any atom is 0.229 e. The first kappa shape index (κ1) is 18.7. The lowest BCUT2D eigenvalue weighted by Crippen LogP contribution is -2.76. The Kier molecular flexibility index (Phi) is 5.18. The number of hydrogen-bond donors (Lipinski definition) is 1.